The maximum absolute atomic E-state index is 4.98. The third-order valence-corrected chi connectivity index (χ3v) is 2.12. The van der Waals surface area contributed by atoms with Crippen LogP contribution >= 0.6 is 12.2 Å². The number of rotatable bonds is 0. The lowest BCUT2D eigenvalue weighted by Crippen LogP contribution is -1.78. The zero-order chi connectivity index (χ0) is 8.55. The van der Waals surface area contributed by atoms with Crippen LogP contribution in [0.15, 0.2) is 12.2 Å². The highest BCUT2D eigenvalue weighted by molar-refractivity contribution is 7.71. The Morgan fingerprint density at radius 2 is 1.67 bits per heavy atom. The van der Waals surface area contributed by atoms with Gasteiger partial charge in [-0.2, -0.15) is 0 Å². The van der Waals surface area contributed by atoms with Gasteiger partial charge < -0.3 is 9.97 Å². The normalized spacial score (nSPS) is 16.1. The number of nitrogens with one attached hydrogen (secondary N) is 2. The molecule has 0 radical (unpaired) electrons. The van der Waals surface area contributed by atoms with Gasteiger partial charge in [-0.15, -0.1) is 0 Å². The summed E-state index contributed by atoms with van der Waals surface area (Å²) in [7, 11) is 0. The summed E-state index contributed by atoms with van der Waals surface area (Å²) in [6.45, 7) is 2.15. The Labute approximate surface area is 76.0 Å². The molecule has 0 atom stereocenters. The summed E-state index contributed by atoms with van der Waals surface area (Å²) in [6, 6.07) is 0. The minimum Gasteiger partial charge on any atom is -0.331 e. The molecule has 0 saturated heterocycles. The van der Waals surface area contributed by atoms with Crippen molar-refractivity contribution in [1.82, 2.24) is 9.97 Å². The standard InChI is InChI=1S/C9H10N2S/c1-6-2-4-7-8(5-3-6)11-9(12)10-7/h2-6H,1H3,(H2,10,11,12). The lowest BCUT2D eigenvalue weighted by atomic mass is 10.2. The molecule has 0 aromatic carbocycles. The van der Waals surface area contributed by atoms with Gasteiger partial charge in [0.2, 0.25) is 0 Å². The van der Waals surface area contributed by atoms with E-state index in [4.69, 9.17) is 12.2 Å². The van der Waals surface area contributed by atoms with Gasteiger partial charge in [-0.1, -0.05) is 19.1 Å². The minimum atomic E-state index is 0.493. The average Bonchev–Trinajstić information content (AvgIpc) is 2.31. The van der Waals surface area contributed by atoms with E-state index in [-0.39, 0.29) is 0 Å². The fourth-order valence-corrected chi connectivity index (χ4v) is 1.45. The Kier molecular flexibility index (Phi) is 1.73. The van der Waals surface area contributed by atoms with Crippen LogP contribution in [0.5, 0.6) is 0 Å². The Morgan fingerprint density at radius 1 is 1.17 bits per heavy atom. The fourth-order valence-electron chi connectivity index (χ4n) is 1.23. The van der Waals surface area contributed by atoms with Gasteiger partial charge in [-0.3, -0.25) is 0 Å². The van der Waals surface area contributed by atoms with E-state index in [1.165, 1.54) is 0 Å². The molecule has 0 amide bonds. The molecule has 2 nitrogen and oxygen atoms in total. The van der Waals surface area contributed by atoms with Crippen LogP contribution in [0.3, 0.4) is 0 Å². The molecule has 62 valence electrons. The molecule has 0 saturated carbocycles. The lowest BCUT2D eigenvalue weighted by molar-refractivity contribution is 0.953. The topological polar surface area (TPSA) is 31.6 Å². The van der Waals surface area contributed by atoms with Crippen molar-refractivity contribution in [2.75, 3.05) is 0 Å². The lowest BCUT2D eigenvalue weighted by Gasteiger charge is -1.91. The van der Waals surface area contributed by atoms with Gasteiger partial charge in [0, 0.05) is 0 Å². The van der Waals surface area contributed by atoms with Gasteiger partial charge >= 0.3 is 0 Å². The number of fused-ring (bicyclic) bond motifs is 1. The van der Waals surface area contributed by atoms with E-state index in [9.17, 15) is 0 Å². The van der Waals surface area contributed by atoms with Crippen LogP contribution in [0.25, 0.3) is 12.2 Å². The molecule has 1 aliphatic carbocycles. The van der Waals surface area contributed by atoms with Crippen molar-refractivity contribution < 1.29 is 0 Å². The fraction of sp³-hybridized carbons (Fsp3) is 0.222. The van der Waals surface area contributed by atoms with Crippen molar-refractivity contribution in [3.63, 3.8) is 0 Å². The maximum Gasteiger partial charge on any atom is 0.175 e. The van der Waals surface area contributed by atoms with E-state index in [0.29, 0.717) is 10.7 Å². The molecule has 2 N–H and O–H groups in total. The number of aromatic nitrogens is 2. The van der Waals surface area contributed by atoms with Crippen LogP contribution in [0.4, 0.5) is 0 Å². The van der Waals surface area contributed by atoms with E-state index in [1.54, 1.807) is 0 Å². The van der Waals surface area contributed by atoms with Gasteiger partial charge in [0.15, 0.2) is 4.77 Å². The van der Waals surface area contributed by atoms with E-state index in [0.717, 1.165) is 11.4 Å². The molecule has 3 heteroatoms. The number of hydrogen-bond acceptors (Lipinski definition) is 1. The summed E-state index contributed by atoms with van der Waals surface area (Å²) < 4.78 is 0.684. The number of H-pyrrole nitrogens is 2. The number of imidazole rings is 1. The van der Waals surface area contributed by atoms with E-state index < -0.39 is 0 Å². The molecule has 1 aliphatic rings. The van der Waals surface area contributed by atoms with Crippen molar-refractivity contribution >= 4 is 24.4 Å². The van der Waals surface area contributed by atoms with Gasteiger partial charge in [0.1, 0.15) is 0 Å². The molecule has 2 rings (SSSR count). The van der Waals surface area contributed by atoms with Crippen LogP contribution in [0, 0.1) is 10.7 Å². The number of aromatic amines is 2. The Hall–Kier alpha value is -1.09. The van der Waals surface area contributed by atoms with Crippen LogP contribution in [0.2, 0.25) is 0 Å². The number of hydrogen-bond donors (Lipinski definition) is 2. The quantitative estimate of drug-likeness (QED) is 0.588. The molecular formula is C9H10N2S. The second kappa shape index (κ2) is 2.75. The average molecular weight is 178 g/mol. The first-order valence-electron chi connectivity index (χ1n) is 3.94. The molecular weight excluding hydrogens is 168 g/mol. The molecule has 0 spiro atoms. The summed E-state index contributed by atoms with van der Waals surface area (Å²) in [5, 5.41) is 0. The SMILES string of the molecule is CC1C=Cc2[nH]c(=S)[nH]c2C=C1. The third kappa shape index (κ3) is 1.28. The highest BCUT2D eigenvalue weighted by Crippen LogP contribution is 2.16. The van der Waals surface area contributed by atoms with Gasteiger partial charge in [0.05, 0.1) is 11.4 Å². The minimum absolute atomic E-state index is 0.493. The van der Waals surface area contributed by atoms with Gasteiger partial charge in [-0.05, 0) is 30.3 Å². The second-order valence-electron chi connectivity index (χ2n) is 2.98. The molecule has 0 aliphatic heterocycles. The Bertz CT molecular complexity index is 360. The monoisotopic (exact) mass is 178 g/mol. The highest BCUT2D eigenvalue weighted by Gasteiger charge is 2.03. The van der Waals surface area contributed by atoms with E-state index in [2.05, 4.69) is 41.2 Å². The summed E-state index contributed by atoms with van der Waals surface area (Å²) in [4.78, 5) is 6.16. The molecule has 12 heavy (non-hydrogen) atoms. The second-order valence-corrected chi connectivity index (χ2v) is 3.39. The summed E-state index contributed by atoms with van der Waals surface area (Å²) in [6.07, 6.45) is 8.40. The predicted octanol–water partition coefficient (Wildman–Crippen LogP) is 2.75. The van der Waals surface area contributed by atoms with Crippen LogP contribution in [-0.4, -0.2) is 9.97 Å². The number of allylic oxidation sites excluding steroid dienone is 2. The Morgan fingerprint density at radius 3 is 2.17 bits per heavy atom. The first-order chi connectivity index (χ1) is 5.75. The maximum atomic E-state index is 4.98. The van der Waals surface area contributed by atoms with E-state index in [1.807, 2.05) is 0 Å². The predicted molar refractivity (Wildman–Crippen MR) is 53.2 cm³/mol. The highest BCUT2D eigenvalue weighted by atomic mass is 32.1. The van der Waals surface area contributed by atoms with Crippen LogP contribution in [0.1, 0.15) is 18.3 Å². The zero-order valence-electron chi connectivity index (χ0n) is 6.79. The van der Waals surface area contributed by atoms with Crippen molar-refractivity contribution in [3.05, 3.63) is 28.3 Å². The van der Waals surface area contributed by atoms with Crippen LogP contribution in [-0.2, 0) is 0 Å². The Balaban J connectivity index is 2.56. The molecule has 1 aromatic heterocycles. The first kappa shape index (κ1) is 7.55. The van der Waals surface area contributed by atoms with Gasteiger partial charge in [0.25, 0.3) is 0 Å². The van der Waals surface area contributed by atoms with Crippen molar-refractivity contribution in [1.29, 1.82) is 0 Å². The summed E-state index contributed by atoms with van der Waals surface area (Å²) in [5.74, 6) is 0.493. The zero-order valence-corrected chi connectivity index (χ0v) is 7.61. The van der Waals surface area contributed by atoms with Crippen LogP contribution < -0.4 is 0 Å². The molecule has 0 bridgehead atoms. The largest absolute Gasteiger partial charge is 0.331 e. The van der Waals surface area contributed by atoms with Crippen molar-refractivity contribution in [2.24, 2.45) is 5.92 Å². The summed E-state index contributed by atoms with van der Waals surface area (Å²) >= 11 is 4.98. The molecule has 0 fully saturated rings. The third-order valence-electron chi connectivity index (χ3n) is 1.92. The molecule has 0 unspecified atom stereocenters. The van der Waals surface area contributed by atoms with Gasteiger partial charge in [-0.25, -0.2) is 0 Å². The molecule has 1 aromatic rings. The smallest absolute Gasteiger partial charge is 0.175 e. The van der Waals surface area contributed by atoms with E-state index >= 15 is 0 Å². The van der Waals surface area contributed by atoms with Crippen molar-refractivity contribution in [3.8, 4) is 0 Å². The first-order valence-corrected chi connectivity index (χ1v) is 4.35. The summed E-state index contributed by atoms with van der Waals surface area (Å²) in [5.41, 5.74) is 2.14. The van der Waals surface area contributed by atoms with Crippen molar-refractivity contribution in [2.45, 2.75) is 6.92 Å². The molecule has 1 heterocycles.